The van der Waals surface area contributed by atoms with E-state index >= 15 is 0 Å². The molecular weight excluding hydrogens is 367 g/mol. The third-order valence-electron chi connectivity index (χ3n) is 5.27. The van der Waals surface area contributed by atoms with Crippen molar-refractivity contribution in [3.63, 3.8) is 0 Å². The Morgan fingerprint density at radius 3 is 2.52 bits per heavy atom. The number of carbonyl (C=O) groups excluding carboxylic acids is 1. The summed E-state index contributed by atoms with van der Waals surface area (Å²) in [5.41, 5.74) is 3.62. The lowest BCUT2D eigenvalue weighted by molar-refractivity contribution is -0.123. The number of hydrogen-bond donors (Lipinski definition) is 1. The first-order valence-corrected chi connectivity index (χ1v) is 9.70. The molecule has 0 aliphatic heterocycles. The number of halogens is 1. The maximum atomic E-state index is 14.4. The van der Waals surface area contributed by atoms with Gasteiger partial charge < -0.3 is 10.1 Å². The van der Waals surface area contributed by atoms with Crippen LogP contribution in [0.15, 0.2) is 60.9 Å². The molecule has 0 saturated heterocycles. The Balaban J connectivity index is 1.42. The number of aromatic nitrogens is 1. The van der Waals surface area contributed by atoms with Crippen molar-refractivity contribution in [2.24, 2.45) is 0 Å². The van der Waals surface area contributed by atoms with Crippen molar-refractivity contribution in [3.8, 4) is 11.5 Å². The summed E-state index contributed by atoms with van der Waals surface area (Å²) in [4.78, 5) is 16.8. The van der Waals surface area contributed by atoms with Crippen molar-refractivity contribution in [2.75, 3.05) is 0 Å². The number of benzene rings is 2. The van der Waals surface area contributed by atoms with Crippen LogP contribution in [0.25, 0.3) is 0 Å². The van der Waals surface area contributed by atoms with Crippen LogP contribution in [0.1, 0.15) is 35.1 Å². The number of carbonyl (C=O) groups is 1. The van der Waals surface area contributed by atoms with Crippen molar-refractivity contribution in [2.45, 2.75) is 38.6 Å². The molecule has 1 aliphatic rings. The van der Waals surface area contributed by atoms with Gasteiger partial charge >= 0.3 is 0 Å². The molecule has 1 N–H and O–H groups in total. The Hall–Kier alpha value is -3.21. The summed E-state index contributed by atoms with van der Waals surface area (Å²) >= 11 is 0. The molecule has 1 aromatic heterocycles. The molecule has 1 aliphatic carbocycles. The Bertz CT molecular complexity index is 1030. The van der Waals surface area contributed by atoms with Gasteiger partial charge in [0.2, 0.25) is 5.91 Å². The molecule has 0 bridgehead atoms. The van der Waals surface area contributed by atoms with Crippen LogP contribution in [0.5, 0.6) is 11.5 Å². The van der Waals surface area contributed by atoms with Gasteiger partial charge in [-0.3, -0.25) is 9.78 Å². The van der Waals surface area contributed by atoms with Crippen molar-refractivity contribution in [3.05, 3.63) is 89.0 Å². The Labute approximate surface area is 169 Å². The van der Waals surface area contributed by atoms with E-state index in [1.54, 1.807) is 30.5 Å². The molecule has 0 spiro atoms. The average Bonchev–Trinajstić information content (AvgIpc) is 3.50. The van der Waals surface area contributed by atoms with Gasteiger partial charge in [0.05, 0.1) is 11.6 Å². The largest absolute Gasteiger partial charge is 0.453 e. The van der Waals surface area contributed by atoms with Crippen LogP contribution in [-0.2, 0) is 16.8 Å². The first-order chi connectivity index (χ1) is 14.0. The molecule has 148 valence electrons. The van der Waals surface area contributed by atoms with E-state index in [0.29, 0.717) is 11.3 Å². The van der Waals surface area contributed by atoms with Crippen LogP contribution in [0, 0.1) is 19.7 Å². The Morgan fingerprint density at radius 1 is 1.14 bits per heavy atom. The van der Waals surface area contributed by atoms with Gasteiger partial charge in [-0.1, -0.05) is 35.4 Å². The van der Waals surface area contributed by atoms with Crippen molar-refractivity contribution < 1.29 is 13.9 Å². The summed E-state index contributed by atoms with van der Waals surface area (Å²) in [5, 5.41) is 2.98. The standard InChI is InChI=1S/C24H23FN2O2/c1-16-10-17(2)12-19(11-16)24(7-8-24)23(28)27-14-18-5-6-22(21(25)13-18)29-20-4-3-9-26-15-20/h3-6,9-13,15H,7-8,14H2,1-2H3,(H,27,28). The lowest BCUT2D eigenvalue weighted by Gasteiger charge is -2.17. The van der Waals surface area contributed by atoms with Gasteiger partial charge in [-0.15, -0.1) is 0 Å². The number of hydrogen-bond acceptors (Lipinski definition) is 3. The van der Waals surface area contributed by atoms with E-state index in [2.05, 4.69) is 28.5 Å². The number of nitrogens with zero attached hydrogens (tertiary/aromatic N) is 1. The molecule has 1 heterocycles. The number of nitrogens with one attached hydrogen (secondary N) is 1. The maximum Gasteiger partial charge on any atom is 0.230 e. The molecule has 4 nitrogen and oxygen atoms in total. The van der Waals surface area contributed by atoms with Crippen LogP contribution in [-0.4, -0.2) is 10.9 Å². The highest BCUT2D eigenvalue weighted by atomic mass is 19.1. The fourth-order valence-corrected chi connectivity index (χ4v) is 3.65. The Kier molecular flexibility index (Phi) is 5.05. The summed E-state index contributed by atoms with van der Waals surface area (Å²) in [7, 11) is 0. The van der Waals surface area contributed by atoms with E-state index in [1.165, 1.54) is 12.3 Å². The molecule has 0 radical (unpaired) electrons. The SMILES string of the molecule is Cc1cc(C)cc(C2(C(=O)NCc3ccc(Oc4cccnc4)c(F)c3)CC2)c1. The van der Waals surface area contributed by atoms with Crippen LogP contribution in [0.4, 0.5) is 4.39 Å². The molecule has 1 saturated carbocycles. The highest BCUT2D eigenvalue weighted by Crippen LogP contribution is 2.48. The third kappa shape index (κ3) is 4.14. The molecule has 1 fully saturated rings. The van der Waals surface area contributed by atoms with Gasteiger partial charge in [-0.05, 0) is 62.1 Å². The minimum absolute atomic E-state index is 0.00130. The van der Waals surface area contributed by atoms with E-state index in [-0.39, 0.29) is 18.2 Å². The highest BCUT2D eigenvalue weighted by molar-refractivity contribution is 5.91. The number of aryl methyl sites for hydroxylation is 2. The van der Waals surface area contributed by atoms with E-state index in [1.807, 2.05) is 13.8 Å². The minimum Gasteiger partial charge on any atom is -0.453 e. The first-order valence-electron chi connectivity index (χ1n) is 9.70. The predicted molar refractivity (Wildman–Crippen MR) is 109 cm³/mol. The van der Waals surface area contributed by atoms with Crippen molar-refractivity contribution in [1.29, 1.82) is 0 Å². The second kappa shape index (κ2) is 7.66. The number of amides is 1. The summed E-state index contributed by atoms with van der Waals surface area (Å²) in [6.07, 6.45) is 4.83. The van der Waals surface area contributed by atoms with Crippen molar-refractivity contribution >= 4 is 5.91 Å². The molecule has 2 aromatic carbocycles. The zero-order valence-electron chi connectivity index (χ0n) is 16.5. The highest BCUT2D eigenvalue weighted by Gasteiger charge is 2.51. The molecule has 0 unspecified atom stereocenters. The summed E-state index contributed by atoms with van der Waals surface area (Å²) in [6.45, 7) is 4.36. The van der Waals surface area contributed by atoms with Gasteiger partial charge in [0.1, 0.15) is 5.75 Å². The molecule has 3 aromatic rings. The van der Waals surface area contributed by atoms with E-state index in [9.17, 15) is 9.18 Å². The van der Waals surface area contributed by atoms with Crippen molar-refractivity contribution in [1.82, 2.24) is 10.3 Å². The van der Waals surface area contributed by atoms with Gasteiger partial charge in [-0.25, -0.2) is 4.39 Å². The molecule has 1 amide bonds. The lowest BCUT2D eigenvalue weighted by Crippen LogP contribution is -2.34. The second-order valence-electron chi connectivity index (χ2n) is 7.70. The summed E-state index contributed by atoms with van der Waals surface area (Å²) in [5.74, 6) is 0.119. The molecule has 29 heavy (non-hydrogen) atoms. The third-order valence-corrected chi connectivity index (χ3v) is 5.27. The maximum absolute atomic E-state index is 14.4. The second-order valence-corrected chi connectivity index (χ2v) is 7.70. The normalized spacial score (nSPS) is 14.3. The van der Waals surface area contributed by atoms with Gasteiger partial charge in [-0.2, -0.15) is 0 Å². The molecular formula is C24H23FN2O2. The average molecular weight is 390 g/mol. The van der Waals surface area contributed by atoms with E-state index < -0.39 is 11.2 Å². The quantitative estimate of drug-likeness (QED) is 0.646. The number of rotatable bonds is 6. The summed E-state index contributed by atoms with van der Waals surface area (Å²) < 4.78 is 19.9. The monoisotopic (exact) mass is 390 g/mol. The molecule has 4 rings (SSSR count). The fraction of sp³-hybridized carbons (Fsp3) is 0.250. The first kappa shape index (κ1) is 19.1. The van der Waals surface area contributed by atoms with E-state index in [0.717, 1.165) is 29.5 Å². The molecule has 5 heteroatoms. The van der Waals surface area contributed by atoms with Crippen LogP contribution in [0.2, 0.25) is 0 Å². The minimum atomic E-state index is -0.476. The van der Waals surface area contributed by atoms with Crippen LogP contribution < -0.4 is 10.1 Å². The zero-order valence-corrected chi connectivity index (χ0v) is 16.5. The summed E-state index contributed by atoms with van der Waals surface area (Å²) in [6, 6.07) is 14.4. The fourth-order valence-electron chi connectivity index (χ4n) is 3.65. The molecule has 0 atom stereocenters. The van der Waals surface area contributed by atoms with Crippen LogP contribution >= 0.6 is 0 Å². The Morgan fingerprint density at radius 2 is 1.90 bits per heavy atom. The van der Waals surface area contributed by atoms with Crippen LogP contribution in [0.3, 0.4) is 0 Å². The smallest absolute Gasteiger partial charge is 0.230 e. The van der Waals surface area contributed by atoms with Gasteiger partial charge in [0.25, 0.3) is 0 Å². The van der Waals surface area contributed by atoms with E-state index in [4.69, 9.17) is 4.74 Å². The topological polar surface area (TPSA) is 51.2 Å². The van der Waals surface area contributed by atoms with Gasteiger partial charge in [0.15, 0.2) is 11.6 Å². The predicted octanol–water partition coefficient (Wildman–Crippen LogP) is 4.98. The number of pyridine rings is 1. The lowest BCUT2D eigenvalue weighted by atomic mass is 9.92. The zero-order chi connectivity index (χ0) is 20.4. The van der Waals surface area contributed by atoms with Gasteiger partial charge in [0, 0.05) is 12.7 Å². The number of ether oxygens (including phenoxy) is 1.